The Bertz CT molecular complexity index is 461. The molecule has 2 heterocycles. The molecule has 0 aliphatic carbocycles. The fourth-order valence-electron chi connectivity index (χ4n) is 2.23. The van der Waals surface area contributed by atoms with Crippen LogP contribution in [0.4, 0.5) is 0 Å². The van der Waals surface area contributed by atoms with E-state index in [1.807, 2.05) is 18.7 Å². The average Bonchev–Trinajstić information content (AvgIpc) is 2.79. The first-order valence-electron chi connectivity index (χ1n) is 6.58. The highest BCUT2D eigenvalue weighted by molar-refractivity contribution is 7.13. The molecule has 2 rings (SSSR count). The molecular weight excluding hydrogens is 262 g/mol. The summed E-state index contributed by atoms with van der Waals surface area (Å²) in [5.41, 5.74) is 6.71. The van der Waals surface area contributed by atoms with Crippen molar-refractivity contribution in [3.05, 3.63) is 15.6 Å². The SMILES string of the molecule is CO[C@@H](C)c1nc(C)c(C(=O)N2CCC[C@H](N)C2)s1. The number of likely N-dealkylation sites (tertiary alicyclic amines) is 1. The topological polar surface area (TPSA) is 68.5 Å². The van der Waals surface area contributed by atoms with E-state index in [9.17, 15) is 4.79 Å². The van der Waals surface area contributed by atoms with Gasteiger partial charge in [-0.1, -0.05) is 0 Å². The van der Waals surface area contributed by atoms with Crippen LogP contribution in [0.15, 0.2) is 0 Å². The number of aryl methyl sites for hydroxylation is 1. The number of hydrogen-bond donors (Lipinski definition) is 1. The minimum atomic E-state index is -0.0751. The number of nitrogens with two attached hydrogens (primary N) is 1. The van der Waals surface area contributed by atoms with Gasteiger partial charge >= 0.3 is 0 Å². The van der Waals surface area contributed by atoms with Gasteiger partial charge in [-0.3, -0.25) is 4.79 Å². The summed E-state index contributed by atoms with van der Waals surface area (Å²) in [6.45, 7) is 5.24. The Morgan fingerprint density at radius 1 is 1.63 bits per heavy atom. The van der Waals surface area contributed by atoms with Crippen molar-refractivity contribution in [1.29, 1.82) is 0 Å². The summed E-state index contributed by atoms with van der Waals surface area (Å²) in [6.07, 6.45) is 1.90. The van der Waals surface area contributed by atoms with Crippen molar-refractivity contribution < 1.29 is 9.53 Å². The molecule has 1 aromatic heterocycles. The van der Waals surface area contributed by atoms with Crippen molar-refractivity contribution in [2.75, 3.05) is 20.2 Å². The molecular formula is C13H21N3O2S. The van der Waals surface area contributed by atoms with Gasteiger partial charge in [0, 0.05) is 26.2 Å². The van der Waals surface area contributed by atoms with Gasteiger partial charge in [0.15, 0.2) is 0 Å². The lowest BCUT2D eigenvalue weighted by atomic mass is 10.1. The van der Waals surface area contributed by atoms with Crippen LogP contribution >= 0.6 is 11.3 Å². The molecule has 2 atom stereocenters. The third-order valence-corrected chi connectivity index (χ3v) is 4.76. The number of piperidine rings is 1. The number of aromatic nitrogens is 1. The molecule has 106 valence electrons. The lowest BCUT2D eigenvalue weighted by Crippen LogP contribution is -2.45. The number of methoxy groups -OCH3 is 1. The van der Waals surface area contributed by atoms with E-state index in [0.29, 0.717) is 11.4 Å². The molecule has 5 nitrogen and oxygen atoms in total. The van der Waals surface area contributed by atoms with Gasteiger partial charge in [-0.25, -0.2) is 4.98 Å². The van der Waals surface area contributed by atoms with Gasteiger partial charge < -0.3 is 15.4 Å². The van der Waals surface area contributed by atoms with Crippen molar-refractivity contribution in [2.45, 2.75) is 38.8 Å². The van der Waals surface area contributed by atoms with Gasteiger partial charge in [-0.05, 0) is 26.7 Å². The van der Waals surface area contributed by atoms with E-state index in [2.05, 4.69) is 4.98 Å². The van der Waals surface area contributed by atoms with Crippen molar-refractivity contribution >= 4 is 17.2 Å². The van der Waals surface area contributed by atoms with Gasteiger partial charge in [-0.2, -0.15) is 0 Å². The first kappa shape index (κ1) is 14.4. The summed E-state index contributed by atoms with van der Waals surface area (Å²) in [5, 5.41) is 0.852. The Morgan fingerprint density at radius 3 is 3.00 bits per heavy atom. The molecule has 1 aliphatic heterocycles. The number of hydrogen-bond acceptors (Lipinski definition) is 5. The molecule has 1 aliphatic rings. The Hall–Kier alpha value is -0.980. The maximum absolute atomic E-state index is 12.5. The molecule has 1 aromatic rings. The van der Waals surface area contributed by atoms with Crippen LogP contribution in [0.1, 0.15) is 46.2 Å². The molecule has 0 aromatic carbocycles. The maximum Gasteiger partial charge on any atom is 0.265 e. The predicted molar refractivity (Wildman–Crippen MR) is 75.4 cm³/mol. The molecule has 2 N–H and O–H groups in total. The van der Waals surface area contributed by atoms with Crippen molar-refractivity contribution in [1.82, 2.24) is 9.88 Å². The Balaban J connectivity index is 2.16. The van der Waals surface area contributed by atoms with Crippen LogP contribution in [0.3, 0.4) is 0 Å². The maximum atomic E-state index is 12.5. The fraction of sp³-hybridized carbons (Fsp3) is 0.692. The summed E-state index contributed by atoms with van der Waals surface area (Å²) >= 11 is 1.43. The zero-order chi connectivity index (χ0) is 14.0. The molecule has 6 heteroatoms. The van der Waals surface area contributed by atoms with Crippen LogP contribution in [-0.2, 0) is 4.74 Å². The van der Waals surface area contributed by atoms with Crippen molar-refractivity contribution in [3.63, 3.8) is 0 Å². The largest absolute Gasteiger partial charge is 0.375 e. The zero-order valence-electron chi connectivity index (χ0n) is 11.7. The predicted octanol–water partition coefficient (Wildman–Crippen LogP) is 1.72. The quantitative estimate of drug-likeness (QED) is 0.917. The van der Waals surface area contributed by atoms with Gasteiger partial charge in [0.1, 0.15) is 16.0 Å². The van der Waals surface area contributed by atoms with Gasteiger partial charge in [0.25, 0.3) is 5.91 Å². The Labute approximate surface area is 117 Å². The summed E-state index contributed by atoms with van der Waals surface area (Å²) in [5.74, 6) is 0.0553. The van der Waals surface area contributed by atoms with Crippen molar-refractivity contribution in [2.24, 2.45) is 5.73 Å². The van der Waals surface area contributed by atoms with Crippen molar-refractivity contribution in [3.8, 4) is 0 Å². The Morgan fingerprint density at radius 2 is 2.37 bits per heavy atom. The smallest absolute Gasteiger partial charge is 0.265 e. The molecule has 0 unspecified atom stereocenters. The minimum Gasteiger partial charge on any atom is -0.375 e. The first-order valence-corrected chi connectivity index (χ1v) is 7.39. The van der Waals surface area contributed by atoms with Crippen LogP contribution in [0.2, 0.25) is 0 Å². The third-order valence-electron chi connectivity index (χ3n) is 3.45. The highest BCUT2D eigenvalue weighted by Crippen LogP contribution is 2.27. The molecule has 1 saturated heterocycles. The van der Waals surface area contributed by atoms with E-state index in [1.165, 1.54) is 11.3 Å². The third kappa shape index (κ3) is 3.13. The summed E-state index contributed by atoms with van der Waals surface area (Å²) in [4.78, 5) is 19.5. The van der Waals surface area contributed by atoms with E-state index in [4.69, 9.17) is 10.5 Å². The number of ether oxygens (including phenoxy) is 1. The van der Waals surface area contributed by atoms with Crippen LogP contribution in [0.5, 0.6) is 0 Å². The first-order chi connectivity index (χ1) is 9.02. The van der Waals surface area contributed by atoms with E-state index in [1.54, 1.807) is 7.11 Å². The van der Waals surface area contributed by atoms with Crippen LogP contribution in [0.25, 0.3) is 0 Å². The zero-order valence-corrected chi connectivity index (χ0v) is 12.5. The second-order valence-electron chi connectivity index (χ2n) is 5.00. The molecule has 0 radical (unpaired) electrons. The van der Waals surface area contributed by atoms with Gasteiger partial charge in [-0.15, -0.1) is 11.3 Å². The fourth-order valence-corrected chi connectivity index (χ4v) is 3.29. The lowest BCUT2D eigenvalue weighted by Gasteiger charge is -2.30. The molecule has 1 fully saturated rings. The standard InChI is InChI=1S/C13H21N3O2S/c1-8-11(19-12(15-8)9(2)18-3)13(17)16-6-4-5-10(14)7-16/h9-10H,4-7,14H2,1-3H3/t9-,10-/m0/s1. The van der Waals surface area contributed by atoms with Gasteiger partial charge in [0.2, 0.25) is 0 Å². The number of carbonyl (C=O) groups is 1. The number of rotatable bonds is 3. The normalized spacial score (nSPS) is 21.5. The summed E-state index contributed by atoms with van der Waals surface area (Å²) in [7, 11) is 1.65. The van der Waals surface area contributed by atoms with E-state index >= 15 is 0 Å². The second-order valence-corrected chi connectivity index (χ2v) is 6.03. The highest BCUT2D eigenvalue weighted by atomic mass is 32.1. The monoisotopic (exact) mass is 283 g/mol. The molecule has 0 saturated carbocycles. The van der Waals surface area contributed by atoms with E-state index in [-0.39, 0.29) is 18.1 Å². The molecule has 0 spiro atoms. The summed E-state index contributed by atoms with van der Waals surface area (Å²) in [6, 6.07) is 0.100. The van der Waals surface area contributed by atoms with Gasteiger partial charge in [0.05, 0.1) is 5.69 Å². The van der Waals surface area contributed by atoms with E-state index < -0.39 is 0 Å². The Kier molecular flexibility index (Phi) is 4.54. The van der Waals surface area contributed by atoms with Crippen LogP contribution in [0, 0.1) is 6.92 Å². The molecule has 1 amide bonds. The number of thiazole rings is 1. The van der Waals surface area contributed by atoms with Crippen LogP contribution < -0.4 is 5.73 Å². The van der Waals surface area contributed by atoms with Crippen LogP contribution in [-0.4, -0.2) is 42.0 Å². The second kappa shape index (κ2) is 5.98. The highest BCUT2D eigenvalue weighted by Gasteiger charge is 2.26. The van der Waals surface area contributed by atoms with E-state index in [0.717, 1.165) is 30.1 Å². The minimum absolute atomic E-state index is 0.0553. The number of carbonyl (C=O) groups excluding carboxylic acids is 1. The lowest BCUT2D eigenvalue weighted by molar-refractivity contribution is 0.0713. The number of nitrogens with zero attached hydrogens (tertiary/aromatic N) is 2. The molecule has 19 heavy (non-hydrogen) atoms. The summed E-state index contributed by atoms with van der Waals surface area (Å²) < 4.78 is 5.25. The average molecular weight is 283 g/mol. The molecule has 0 bridgehead atoms. The number of amides is 1.